The number of halogens is 1. The molecule has 0 aliphatic carbocycles. The molecule has 1 aromatic rings. The number of likely N-dealkylation sites (tertiary alicyclic amines) is 1. The summed E-state index contributed by atoms with van der Waals surface area (Å²) in [6, 6.07) is 4.91. The summed E-state index contributed by atoms with van der Waals surface area (Å²) in [7, 11) is 0. The summed E-state index contributed by atoms with van der Waals surface area (Å²) in [5.74, 6) is 1.93. The fraction of sp³-hybridized carbons (Fsp3) is 0.773. The van der Waals surface area contributed by atoms with Crippen molar-refractivity contribution in [3.05, 3.63) is 17.5 Å². The zero-order chi connectivity index (χ0) is 19.6. The van der Waals surface area contributed by atoms with Gasteiger partial charge in [-0.3, -0.25) is 4.99 Å². The quantitative estimate of drug-likeness (QED) is 0.225. The van der Waals surface area contributed by atoms with Crippen LogP contribution in [0.4, 0.5) is 5.00 Å². The highest BCUT2D eigenvalue weighted by atomic mass is 127. The number of hydrogen-bond donors (Lipinski definition) is 2. The number of nitrogens with one attached hydrogen (secondary N) is 2. The summed E-state index contributed by atoms with van der Waals surface area (Å²) in [4.78, 5) is 9.98. The molecule has 3 heterocycles. The van der Waals surface area contributed by atoms with Gasteiger partial charge >= 0.3 is 0 Å². The number of piperidine rings is 2. The molecule has 3 rings (SSSR count). The molecule has 1 aromatic heterocycles. The maximum atomic E-state index is 4.84. The average Bonchev–Trinajstić information content (AvgIpc) is 3.25. The van der Waals surface area contributed by atoms with Crippen molar-refractivity contribution in [2.24, 2.45) is 10.9 Å². The molecule has 2 N–H and O–H groups in total. The third-order valence-electron chi connectivity index (χ3n) is 6.03. The topological polar surface area (TPSA) is 42.9 Å². The van der Waals surface area contributed by atoms with Crippen LogP contribution in [-0.2, 0) is 0 Å². The Hall–Kier alpha value is -0.540. The van der Waals surface area contributed by atoms with Gasteiger partial charge in [-0.25, -0.2) is 0 Å². The normalized spacial score (nSPS) is 19.8. The third-order valence-corrected chi connectivity index (χ3v) is 6.96. The molecule has 7 heteroatoms. The third kappa shape index (κ3) is 8.61. The highest BCUT2D eigenvalue weighted by molar-refractivity contribution is 14.0. The van der Waals surface area contributed by atoms with E-state index in [1.165, 1.54) is 63.2 Å². The number of guanidine groups is 1. The number of anilines is 1. The van der Waals surface area contributed by atoms with Gasteiger partial charge in [-0.2, -0.15) is 0 Å². The van der Waals surface area contributed by atoms with E-state index in [0.717, 1.165) is 38.1 Å². The van der Waals surface area contributed by atoms with Gasteiger partial charge in [0.25, 0.3) is 0 Å². The summed E-state index contributed by atoms with van der Waals surface area (Å²) >= 11 is 1.84. The Kier molecular flexibility index (Phi) is 11.7. The van der Waals surface area contributed by atoms with Crippen LogP contribution in [0.15, 0.2) is 22.5 Å². The minimum absolute atomic E-state index is 0. The van der Waals surface area contributed by atoms with Crippen LogP contribution in [0.25, 0.3) is 0 Å². The standard InChI is InChI=1S/C22H39N5S.HI/c1-3-23-22(24-12-4-5-13-26-14-8-19(2)9-15-26)25-20-10-16-27(17-11-20)21-7-6-18-28-21;/h6-7,18-20H,3-5,8-17H2,1-2H3,(H2,23,24,25);1H. The van der Waals surface area contributed by atoms with Gasteiger partial charge < -0.3 is 20.4 Å². The van der Waals surface area contributed by atoms with Gasteiger partial charge in [-0.05, 0) is 88.5 Å². The molecular weight excluding hydrogens is 493 g/mol. The molecule has 0 saturated carbocycles. The Morgan fingerprint density at radius 3 is 2.55 bits per heavy atom. The van der Waals surface area contributed by atoms with Crippen molar-refractivity contribution in [3.63, 3.8) is 0 Å². The van der Waals surface area contributed by atoms with E-state index in [0.29, 0.717) is 6.04 Å². The van der Waals surface area contributed by atoms with E-state index in [4.69, 9.17) is 4.99 Å². The lowest BCUT2D eigenvalue weighted by molar-refractivity contribution is 0.190. The molecule has 0 unspecified atom stereocenters. The van der Waals surface area contributed by atoms with Crippen LogP contribution in [0.2, 0.25) is 0 Å². The molecule has 0 spiro atoms. The highest BCUT2D eigenvalue weighted by Crippen LogP contribution is 2.24. The maximum absolute atomic E-state index is 4.84. The van der Waals surface area contributed by atoms with Gasteiger partial charge in [0.1, 0.15) is 0 Å². The smallest absolute Gasteiger partial charge is 0.191 e. The van der Waals surface area contributed by atoms with Crippen molar-refractivity contribution < 1.29 is 0 Å². The van der Waals surface area contributed by atoms with Gasteiger partial charge in [-0.15, -0.1) is 35.3 Å². The molecule has 0 radical (unpaired) electrons. The van der Waals surface area contributed by atoms with Crippen molar-refractivity contribution in [2.45, 2.75) is 58.4 Å². The first-order chi connectivity index (χ1) is 13.7. The summed E-state index contributed by atoms with van der Waals surface area (Å²) in [6.07, 6.45) is 7.54. The van der Waals surface area contributed by atoms with Crippen molar-refractivity contribution in [1.82, 2.24) is 15.5 Å². The molecule has 29 heavy (non-hydrogen) atoms. The Morgan fingerprint density at radius 2 is 1.90 bits per heavy atom. The molecule has 0 atom stereocenters. The molecule has 2 aliphatic rings. The zero-order valence-electron chi connectivity index (χ0n) is 18.2. The van der Waals surface area contributed by atoms with E-state index in [2.05, 4.69) is 51.8 Å². The molecule has 5 nitrogen and oxygen atoms in total. The van der Waals surface area contributed by atoms with Crippen molar-refractivity contribution in [3.8, 4) is 0 Å². The van der Waals surface area contributed by atoms with Crippen LogP contribution in [0.1, 0.15) is 52.4 Å². The first-order valence-electron chi connectivity index (χ1n) is 11.3. The maximum Gasteiger partial charge on any atom is 0.191 e. The van der Waals surface area contributed by atoms with E-state index in [1.807, 2.05) is 11.3 Å². The molecule has 0 aromatic carbocycles. The lowest BCUT2D eigenvalue weighted by Gasteiger charge is -2.33. The van der Waals surface area contributed by atoms with Crippen molar-refractivity contribution >= 4 is 46.3 Å². The van der Waals surface area contributed by atoms with Crippen LogP contribution in [-0.4, -0.2) is 62.7 Å². The predicted octanol–water partition coefficient (Wildman–Crippen LogP) is 4.40. The largest absolute Gasteiger partial charge is 0.363 e. The lowest BCUT2D eigenvalue weighted by Crippen LogP contribution is -2.48. The number of nitrogens with zero attached hydrogens (tertiary/aromatic N) is 3. The fourth-order valence-electron chi connectivity index (χ4n) is 4.13. The second-order valence-corrected chi connectivity index (χ2v) is 9.28. The molecule has 0 amide bonds. The Balaban J connectivity index is 0.00000300. The Bertz CT molecular complexity index is 564. The van der Waals surface area contributed by atoms with E-state index in [9.17, 15) is 0 Å². The predicted molar refractivity (Wildman–Crippen MR) is 138 cm³/mol. The molecule has 2 fully saturated rings. The minimum Gasteiger partial charge on any atom is -0.363 e. The number of rotatable bonds is 8. The average molecular weight is 534 g/mol. The second kappa shape index (κ2) is 13.7. The minimum atomic E-state index is 0. The molecule has 166 valence electrons. The first-order valence-corrected chi connectivity index (χ1v) is 12.2. The molecule has 2 saturated heterocycles. The van der Waals surface area contributed by atoms with Gasteiger partial charge in [0, 0.05) is 32.2 Å². The van der Waals surface area contributed by atoms with E-state index >= 15 is 0 Å². The summed E-state index contributed by atoms with van der Waals surface area (Å²) < 4.78 is 0. The van der Waals surface area contributed by atoms with Gasteiger partial charge in [-0.1, -0.05) is 6.92 Å². The Labute approximate surface area is 198 Å². The fourth-order valence-corrected chi connectivity index (χ4v) is 4.92. The van der Waals surface area contributed by atoms with E-state index in [1.54, 1.807) is 0 Å². The highest BCUT2D eigenvalue weighted by Gasteiger charge is 2.20. The lowest BCUT2D eigenvalue weighted by atomic mass is 9.99. The van der Waals surface area contributed by atoms with E-state index < -0.39 is 0 Å². The molecule has 2 aliphatic heterocycles. The van der Waals surface area contributed by atoms with E-state index in [-0.39, 0.29) is 24.0 Å². The number of unbranched alkanes of at least 4 members (excludes halogenated alkanes) is 1. The summed E-state index contributed by atoms with van der Waals surface area (Å²) in [6.45, 7) is 12.5. The van der Waals surface area contributed by atoms with Gasteiger partial charge in [0.05, 0.1) is 5.00 Å². The first kappa shape index (κ1) is 24.7. The number of thiophene rings is 1. The number of aliphatic imine (C=N–C) groups is 1. The summed E-state index contributed by atoms with van der Waals surface area (Å²) in [5.41, 5.74) is 0. The van der Waals surface area contributed by atoms with Crippen LogP contribution in [0, 0.1) is 5.92 Å². The molecular formula is C22H40IN5S. The van der Waals surface area contributed by atoms with Crippen LogP contribution in [0.5, 0.6) is 0 Å². The SMILES string of the molecule is CCNC(=NCCCCN1CCC(C)CC1)NC1CCN(c2cccs2)CC1.I. The van der Waals surface area contributed by atoms with Crippen molar-refractivity contribution in [2.75, 3.05) is 50.7 Å². The second-order valence-electron chi connectivity index (χ2n) is 8.35. The van der Waals surface area contributed by atoms with Crippen LogP contribution < -0.4 is 15.5 Å². The van der Waals surface area contributed by atoms with Crippen LogP contribution >= 0.6 is 35.3 Å². The van der Waals surface area contributed by atoms with Crippen molar-refractivity contribution in [1.29, 1.82) is 0 Å². The Morgan fingerprint density at radius 1 is 1.14 bits per heavy atom. The number of hydrogen-bond acceptors (Lipinski definition) is 4. The van der Waals surface area contributed by atoms with Gasteiger partial charge in [0.15, 0.2) is 5.96 Å². The summed E-state index contributed by atoms with van der Waals surface area (Å²) in [5, 5.41) is 10.7. The van der Waals surface area contributed by atoms with Gasteiger partial charge in [0.2, 0.25) is 0 Å². The monoisotopic (exact) mass is 533 g/mol. The van der Waals surface area contributed by atoms with Crippen LogP contribution in [0.3, 0.4) is 0 Å². The zero-order valence-corrected chi connectivity index (χ0v) is 21.4. The molecule has 0 bridgehead atoms.